The van der Waals surface area contributed by atoms with Gasteiger partial charge in [-0.15, -0.1) is 0 Å². The topological polar surface area (TPSA) is 63.4 Å². The van der Waals surface area contributed by atoms with E-state index in [1.807, 2.05) is 47.6 Å². The summed E-state index contributed by atoms with van der Waals surface area (Å²) in [6.45, 7) is 13.9. The van der Waals surface area contributed by atoms with Gasteiger partial charge in [-0.05, 0) is 63.3 Å². The molecule has 0 unspecified atom stereocenters. The number of nitrogens with two attached hydrogens (primary N) is 1. The molecule has 5 heteroatoms. The van der Waals surface area contributed by atoms with E-state index < -0.39 is 10.0 Å². The van der Waals surface area contributed by atoms with E-state index in [0.717, 1.165) is 11.1 Å². The smallest absolute Gasteiger partial charge is 0.243 e. The second-order valence-electron chi connectivity index (χ2n) is 6.42. The molecule has 0 saturated heterocycles. The summed E-state index contributed by atoms with van der Waals surface area (Å²) in [6, 6.07) is 1.75. The molecule has 4 nitrogen and oxygen atoms in total. The van der Waals surface area contributed by atoms with Crippen LogP contribution in [0.1, 0.15) is 44.4 Å². The third kappa shape index (κ3) is 3.58. The molecule has 0 aromatic heterocycles. The summed E-state index contributed by atoms with van der Waals surface area (Å²) in [4.78, 5) is 0.370. The molecule has 1 aromatic rings. The number of nitrogens with zero attached hydrogens (tertiary/aromatic N) is 1. The summed E-state index contributed by atoms with van der Waals surface area (Å²) in [5, 5.41) is 0. The van der Waals surface area contributed by atoms with Crippen molar-refractivity contribution in [2.75, 3.05) is 12.3 Å². The molecule has 0 amide bonds. The van der Waals surface area contributed by atoms with Crippen molar-refractivity contribution >= 4 is 15.7 Å². The van der Waals surface area contributed by atoms with Gasteiger partial charge in [0.05, 0.1) is 4.90 Å². The molecule has 0 saturated carbocycles. The molecule has 0 atom stereocenters. The van der Waals surface area contributed by atoms with Crippen LogP contribution in [-0.4, -0.2) is 25.3 Å². The second kappa shape index (κ2) is 6.36. The fraction of sp³-hybridized carbons (Fsp3) is 0.625. The molecule has 0 heterocycles. The maximum atomic E-state index is 13.1. The maximum Gasteiger partial charge on any atom is 0.243 e. The molecule has 2 N–H and O–H groups in total. The van der Waals surface area contributed by atoms with Crippen molar-refractivity contribution in [1.29, 1.82) is 0 Å². The van der Waals surface area contributed by atoms with E-state index in [4.69, 9.17) is 5.73 Å². The van der Waals surface area contributed by atoms with E-state index in [1.54, 1.807) is 11.2 Å². The number of hydrogen-bond acceptors (Lipinski definition) is 3. The minimum absolute atomic E-state index is 0.0852. The molecule has 120 valence electrons. The molecule has 0 radical (unpaired) electrons. The Bertz CT molecular complexity index is 593. The predicted molar refractivity (Wildman–Crippen MR) is 88.9 cm³/mol. The summed E-state index contributed by atoms with van der Waals surface area (Å²) in [6.07, 6.45) is 0. The summed E-state index contributed by atoms with van der Waals surface area (Å²) >= 11 is 0. The van der Waals surface area contributed by atoms with Gasteiger partial charge in [0.15, 0.2) is 0 Å². The molecule has 0 aliphatic heterocycles. The lowest BCUT2D eigenvalue weighted by atomic mass is 10.1. The molecule has 0 spiro atoms. The number of rotatable bonds is 5. The van der Waals surface area contributed by atoms with Crippen molar-refractivity contribution in [3.8, 4) is 0 Å². The maximum absolute atomic E-state index is 13.1. The number of benzene rings is 1. The molecule has 1 aromatic carbocycles. The number of nitrogen functional groups attached to an aromatic ring is 1. The van der Waals surface area contributed by atoms with Gasteiger partial charge in [0.2, 0.25) is 10.0 Å². The zero-order valence-corrected chi connectivity index (χ0v) is 15.0. The normalized spacial score (nSPS) is 12.7. The lowest BCUT2D eigenvalue weighted by molar-refractivity contribution is 0.318. The van der Waals surface area contributed by atoms with Gasteiger partial charge in [-0.2, -0.15) is 4.31 Å². The molecule has 0 aliphatic rings. The zero-order valence-electron chi connectivity index (χ0n) is 14.2. The van der Waals surface area contributed by atoms with E-state index >= 15 is 0 Å². The summed E-state index contributed by atoms with van der Waals surface area (Å²) in [7, 11) is -3.55. The summed E-state index contributed by atoms with van der Waals surface area (Å²) < 4.78 is 27.8. The fourth-order valence-electron chi connectivity index (χ4n) is 2.49. The van der Waals surface area contributed by atoms with Crippen LogP contribution in [0.15, 0.2) is 11.0 Å². The Kier molecular flexibility index (Phi) is 5.45. The van der Waals surface area contributed by atoms with Crippen LogP contribution in [0, 0.1) is 26.7 Å². The molecule has 0 bridgehead atoms. The number of anilines is 1. The van der Waals surface area contributed by atoms with Gasteiger partial charge in [0.25, 0.3) is 0 Å². The quantitative estimate of drug-likeness (QED) is 0.849. The van der Waals surface area contributed by atoms with Crippen molar-refractivity contribution in [2.45, 2.75) is 59.4 Å². The van der Waals surface area contributed by atoms with Crippen molar-refractivity contribution in [3.63, 3.8) is 0 Å². The van der Waals surface area contributed by atoms with Crippen molar-refractivity contribution in [2.24, 2.45) is 5.92 Å². The highest BCUT2D eigenvalue weighted by molar-refractivity contribution is 7.89. The lowest BCUT2D eigenvalue weighted by Crippen LogP contribution is -2.40. The second-order valence-corrected chi connectivity index (χ2v) is 8.25. The summed E-state index contributed by atoms with van der Waals surface area (Å²) in [5.74, 6) is 0.268. The third-order valence-corrected chi connectivity index (χ3v) is 6.08. The van der Waals surface area contributed by atoms with Gasteiger partial charge in [0, 0.05) is 18.3 Å². The number of aryl methyl sites for hydroxylation is 1. The summed E-state index contributed by atoms with van der Waals surface area (Å²) in [5.41, 5.74) is 8.86. The van der Waals surface area contributed by atoms with Crippen LogP contribution in [0.25, 0.3) is 0 Å². The van der Waals surface area contributed by atoms with Gasteiger partial charge < -0.3 is 5.73 Å². The van der Waals surface area contributed by atoms with E-state index in [1.165, 1.54) is 0 Å². The predicted octanol–water partition coefficient (Wildman–Crippen LogP) is 3.25. The van der Waals surface area contributed by atoms with Crippen LogP contribution >= 0.6 is 0 Å². The fourth-order valence-corrected chi connectivity index (χ4v) is 4.83. The first-order valence-corrected chi connectivity index (χ1v) is 8.82. The molecular weight excluding hydrogens is 284 g/mol. The van der Waals surface area contributed by atoms with Crippen molar-refractivity contribution < 1.29 is 8.42 Å². The average molecular weight is 312 g/mol. The third-order valence-electron chi connectivity index (χ3n) is 3.77. The number of sulfonamides is 1. The Hall–Kier alpha value is -1.07. The lowest BCUT2D eigenvalue weighted by Gasteiger charge is -2.29. The van der Waals surface area contributed by atoms with Crippen LogP contribution in [0.3, 0.4) is 0 Å². The van der Waals surface area contributed by atoms with Gasteiger partial charge >= 0.3 is 0 Å². The van der Waals surface area contributed by atoms with Crippen LogP contribution < -0.4 is 5.73 Å². The minimum Gasteiger partial charge on any atom is -0.398 e. The first-order chi connectivity index (χ1) is 9.50. The van der Waals surface area contributed by atoms with E-state index in [2.05, 4.69) is 0 Å². The number of hydrogen-bond donors (Lipinski definition) is 1. The molecule has 0 aliphatic carbocycles. The van der Waals surface area contributed by atoms with E-state index in [9.17, 15) is 8.42 Å². The van der Waals surface area contributed by atoms with Gasteiger partial charge in [-0.25, -0.2) is 8.42 Å². The molecule has 0 fully saturated rings. The average Bonchev–Trinajstić information content (AvgIpc) is 2.33. The van der Waals surface area contributed by atoms with Crippen molar-refractivity contribution in [3.05, 3.63) is 22.8 Å². The SMILES string of the molecule is Cc1cc(N)c(C)c(S(=O)(=O)N(CC(C)C)C(C)C)c1C. The van der Waals surface area contributed by atoms with Crippen LogP contribution in [0.5, 0.6) is 0 Å². The molecular formula is C16H28N2O2S. The van der Waals surface area contributed by atoms with Gasteiger partial charge in [-0.1, -0.05) is 13.8 Å². The Morgan fingerprint density at radius 1 is 1.10 bits per heavy atom. The highest BCUT2D eigenvalue weighted by Gasteiger charge is 2.31. The highest BCUT2D eigenvalue weighted by atomic mass is 32.2. The van der Waals surface area contributed by atoms with Gasteiger partial charge in [-0.3, -0.25) is 0 Å². The first kappa shape index (κ1) is 18.0. The van der Waals surface area contributed by atoms with Crippen LogP contribution in [0.2, 0.25) is 0 Å². The Balaban J connectivity index is 3.56. The Morgan fingerprint density at radius 3 is 2.05 bits per heavy atom. The van der Waals surface area contributed by atoms with E-state index in [0.29, 0.717) is 22.7 Å². The Morgan fingerprint density at radius 2 is 1.62 bits per heavy atom. The first-order valence-electron chi connectivity index (χ1n) is 7.38. The van der Waals surface area contributed by atoms with E-state index in [-0.39, 0.29) is 12.0 Å². The minimum atomic E-state index is -3.55. The van der Waals surface area contributed by atoms with Crippen molar-refractivity contribution in [1.82, 2.24) is 4.31 Å². The molecule has 1 rings (SSSR count). The largest absolute Gasteiger partial charge is 0.398 e. The van der Waals surface area contributed by atoms with Gasteiger partial charge in [0.1, 0.15) is 0 Å². The highest BCUT2D eigenvalue weighted by Crippen LogP contribution is 2.31. The monoisotopic (exact) mass is 312 g/mol. The zero-order chi connectivity index (χ0) is 16.5. The van der Waals surface area contributed by atoms with Crippen LogP contribution in [-0.2, 0) is 10.0 Å². The molecule has 21 heavy (non-hydrogen) atoms. The van der Waals surface area contributed by atoms with Crippen LogP contribution in [0.4, 0.5) is 5.69 Å². The standard InChI is InChI=1S/C16H28N2O2S/c1-10(2)9-18(11(3)4)21(19,20)16-13(6)12(5)8-15(17)14(16)7/h8,10-11H,9,17H2,1-7H3. The Labute approximate surface area is 129 Å².